The summed E-state index contributed by atoms with van der Waals surface area (Å²) >= 11 is 0. The molecule has 2 aliphatic heterocycles. The van der Waals surface area contributed by atoms with Crippen LogP contribution in [0.5, 0.6) is 0 Å². The number of aryl methyl sites for hydroxylation is 1. The van der Waals surface area contributed by atoms with Gasteiger partial charge in [0.1, 0.15) is 0 Å². The van der Waals surface area contributed by atoms with E-state index in [4.69, 9.17) is 0 Å². The number of carbonyl (C=O) groups is 1. The van der Waals surface area contributed by atoms with Crippen LogP contribution in [-0.2, 0) is 7.05 Å². The highest BCUT2D eigenvalue weighted by Gasteiger charge is 2.38. The first-order chi connectivity index (χ1) is 11.2. The lowest BCUT2D eigenvalue weighted by Gasteiger charge is -2.33. The summed E-state index contributed by atoms with van der Waals surface area (Å²) in [6.45, 7) is 2.06. The number of likely N-dealkylation sites (tertiary alicyclic amines) is 2. The van der Waals surface area contributed by atoms with E-state index in [2.05, 4.69) is 33.5 Å². The fraction of sp³-hybridized carbons (Fsp3) is 0.526. The zero-order valence-corrected chi connectivity index (χ0v) is 14.0. The highest BCUT2D eigenvalue weighted by molar-refractivity contribution is 6.06. The molecule has 0 N–H and O–H groups in total. The molecule has 0 saturated carbocycles. The van der Waals surface area contributed by atoms with Gasteiger partial charge in [-0.2, -0.15) is 0 Å². The first kappa shape index (κ1) is 14.8. The molecule has 3 heterocycles. The number of amides is 1. The molecule has 0 aliphatic carbocycles. The van der Waals surface area contributed by atoms with E-state index < -0.39 is 0 Å². The Kier molecular flexibility index (Phi) is 3.64. The number of benzene rings is 1. The third-order valence-electron chi connectivity index (χ3n) is 5.74. The van der Waals surface area contributed by atoms with Crippen LogP contribution >= 0.6 is 0 Å². The summed E-state index contributed by atoms with van der Waals surface area (Å²) in [5, 5.41) is 1.07. The Labute approximate surface area is 137 Å². The highest BCUT2D eigenvalue weighted by Crippen LogP contribution is 2.31. The maximum absolute atomic E-state index is 13.2. The van der Waals surface area contributed by atoms with Crippen molar-refractivity contribution in [1.29, 1.82) is 0 Å². The summed E-state index contributed by atoms with van der Waals surface area (Å²) < 4.78 is 2.08. The van der Waals surface area contributed by atoms with Gasteiger partial charge < -0.3 is 14.4 Å². The number of nitrogens with zero attached hydrogens (tertiary/aromatic N) is 3. The summed E-state index contributed by atoms with van der Waals surface area (Å²) in [5.41, 5.74) is 1.99. The summed E-state index contributed by atoms with van der Waals surface area (Å²) in [7, 11) is 4.24. The number of likely N-dealkylation sites (N-methyl/N-ethyl adjacent to an activating group) is 1. The van der Waals surface area contributed by atoms with E-state index in [1.807, 2.05) is 25.4 Å². The summed E-state index contributed by atoms with van der Waals surface area (Å²) in [4.78, 5) is 17.8. The predicted octanol–water partition coefficient (Wildman–Crippen LogP) is 2.88. The molecule has 2 saturated heterocycles. The van der Waals surface area contributed by atoms with Gasteiger partial charge in [0.05, 0.1) is 0 Å². The van der Waals surface area contributed by atoms with Crippen molar-refractivity contribution in [2.45, 2.75) is 37.8 Å². The van der Waals surface area contributed by atoms with Crippen LogP contribution in [0.3, 0.4) is 0 Å². The van der Waals surface area contributed by atoms with Gasteiger partial charge in [0, 0.05) is 48.3 Å². The van der Waals surface area contributed by atoms with Gasteiger partial charge in [0.15, 0.2) is 0 Å². The second-order valence-corrected chi connectivity index (χ2v) is 7.06. The second-order valence-electron chi connectivity index (χ2n) is 7.06. The van der Waals surface area contributed by atoms with E-state index in [0.29, 0.717) is 12.1 Å². The van der Waals surface area contributed by atoms with E-state index in [0.717, 1.165) is 42.4 Å². The van der Waals surface area contributed by atoms with Crippen LogP contribution in [0.2, 0.25) is 0 Å². The average molecular weight is 311 g/mol. The van der Waals surface area contributed by atoms with Crippen LogP contribution in [-0.4, -0.2) is 52.5 Å². The Balaban J connectivity index is 1.67. The molecule has 1 aromatic carbocycles. The van der Waals surface area contributed by atoms with Crippen LogP contribution in [0.25, 0.3) is 10.9 Å². The zero-order valence-electron chi connectivity index (χ0n) is 14.0. The van der Waals surface area contributed by atoms with Crippen molar-refractivity contribution >= 4 is 16.8 Å². The van der Waals surface area contributed by atoms with Crippen molar-refractivity contribution < 1.29 is 4.79 Å². The van der Waals surface area contributed by atoms with Gasteiger partial charge in [-0.25, -0.2) is 0 Å². The molecule has 0 spiro atoms. The zero-order chi connectivity index (χ0) is 16.0. The molecule has 122 valence electrons. The van der Waals surface area contributed by atoms with E-state index in [-0.39, 0.29) is 5.91 Å². The minimum atomic E-state index is 0.213. The average Bonchev–Trinajstić information content (AvgIpc) is 3.26. The largest absolute Gasteiger partial charge is 0.351 e. The second kappa shape index (κ2) is 5.68. The van der Waals surface area contributed by atoms with Gasteiger partial charge in [0.2, 0.25) is 0 Å². The molecule has 0 radical (unpaired) electrons. The Bertz CT molecular complexity index is 735. The first-order valence-electron chi connectivity index (χ1n) is 8.72. The molecule has 2 unspecified atom stereocenters. The van der Waals surface area contributed by atoms with Crippen molar-refractivity contribution in [2.75, 3.05) is 20.1 Å². The number of aromatic nitrogens is 1. The number of hydrogen-bond acceptors (Lipinski definition) is 2. The third kappa shape index (κ3) is 2.36. The van der Waals surface area contributed by atoms with E-state index in [1.165, 1.54) is 12.8 Å². The number of fused-ring (bicyclic) bond motifs is 1. The van der Waals surface area contributed by atoms with Crippen molar-refractivity contribution in [2.24, 2.45) is 7.05 Å². The SMILES string of the molecule is CN1CCCC1C1CCCN1C(=O)c1cccc2c1ccn2C. The lowest BCUT2D eigenvalue weighted by Crippen LogP contribution is -2.47. The van der Waals surface area contributed by atoms with Crippen molar-refractivity contribution in [3.63, 3.8) is 0 Å². The van der Waals surface area contributed by atoms with Crippen LogP contribution in [0.15, 0.2) is 30.5 Å². The maximum Gasteiger partial charge on any atom is 0.254 e. The van der Waals surface area contributed by atoms with E-state index in [9.17, 15) is 4.79 Å². The van der Waals surface area contributed by atoms with E-state index in [1.54, 1.807) is 0 Å². The minimum Gasteiger partial charge on any atom is -0.351 e. The van der Waals surface area contributed by atoms with Gasteiger partial charge in [-0.05, 0) is 57.5 Å². The van der Waals surface area contributed by atoms with Gasteiger partial charge >= 0.3 is 0 Å². The molecule has 0 bridgehead atoms. The number of carbonyl (C=O) groups excluding carboxylic acids is 1. The van der Waals surface area contributed by atoms with E-state index >= 15 is 0 Å². The summed E-state index contributed by atoms with van der Waals surface area (Å²) in [6.07, 6.45) is 6.79. The molecular weight excluding hydrogens is 286 g/mol. The summed E-state index contributed by atoms with van der Waals surface area (Å²) in [5.74, 6) is 0.213. The highest BCUT2D eigenvalue weighted by atomic mass is 16.2. The molecule has 2 fully saturated rings. The van der Waals surface area contributed by atoms with Crippen LogP contribution in [0, 0.1) is 0 Å². The Morgan fingerprint density at radius 3 is 2.61 bits per heavy atom. The molecule has 4 heteroatoms. The molecular formula is C19H25N3O. The van der Waals surface area contributed by atoms with Crippen molar-refractivity contribution in [1.82, 2.24) is 14.4 Å². The lowest BCUT2D eigenvalue weighted by molar-refractivity contribution is 0.0666. The Morgan fingerprint density at radius 1 is 1.04 bits per heavy atom. The van der Waals surface area contributed by atoms with Gasteiger partial charge in [-0.15, -0.1) is 0 Å². The Morgan fingerprint density at radius 2 is 1.83 bits per heavy atom. The lowest BCUT2D eigenvalue weighted by atomic mass is 10.0. The van der Waals surface area contributed by atoms with Crippen LogP contribution < -0.4 is 0 Å². The normalized spacial score (nSPS) is 25.6. The number of hydrogen-bond donors (Lipinski definition) is 0. The van der Waals surface area contributed by atoms with Gasteiger partial charge in [-0.3, -0.25) is 4.79 Å². The monoisotopic (exact) mass is 311 g/mol. The van der Waals surface area contributed by atoms with Crippen molar-refractivity contribution in [3.05, 3.63) is 36.0 Å². The number of rotatable bonds is 2. The maximum atomic E-state index is 13.2. The fourth-order valence-electron chi connectivity index (χ4n) is 4.51. The van der Waals surface area contributed by atoms with Gasteiger partial charge in [0.25, 0.3) is 5.91 Å². The molecule has 4 nitrogen and oxygen atoms in total. The van der Waals surface area contributed by atoms with Crippen LogP contribution in [0.1, 0.15) is 36.0 Å². The Hall–Kier alpha value is -1.81. The topological polar surface area (TPSA) is 28.5 Å². The smallest absolute Gasteiger partial charge is 0.254 e. The minimum absolute atomic E-state index is 0.213. The third-order valence-corrected chi connectivity index (χ3v) is 5.74. The van der Waals surface area contributed by atoms with Crippen molar-refractivity contribution in [3.8, 4) is 0 Å². The quantitative estimate of drug-likeness (QED) is 0.853. The molecule has 2 aliphatic rings. The molecule has 23 heavy (non-hydrogen) atoms. The van der Waals surface area contributed by atoms with Gasteiger partial charge in [-0.1, -0.05) is 6.07 Å². The first-order valence-corrected chi connectivity index (χ1v) is 8.72. The molecule has 2 aromatic rings. The van der Waals surface area contributed by atoms with Crippen LogP contribution in [0.4, 0.5) is 0 Å². The molecule has 4 rings (SSSR count). The molecule has 1 amide bonds. The predicted molar refractivity (Wildman–Crippen MR) is 92.6 cm³/mol. The fourth-order valence-corrected chi connectivity index (χ4v) is 4.51. The standard InChI is InChI=1S/C19H25N3O/c1-20-11-4-8-17(20)18-9-5-12-22(18)19(23)15-6-3-7-16-14(15)10-13-21(16)2/h3,6-7,10,13,17-18H,4-5,8-9,11-12H2,1-2H3. The summed E-state index contributed by atoms with van der Waals surface area (Å²) in [6, 6.07) is 9.06. The molecule has 2 atom stereocenters. The molecule has 1 aromatic heterocycles.